The predicted molar refractivity (Wildman–Crippen MR) is 158 cm³/mol. The third-order valence-corrected chi connectivity index (χ3v) is 8.45. The number of hydrogen-bond donors (Lipinski definition) is 1. The molecule has 0 radical (unpaired) electrons. The van der Waals surface area contributed by atoms with Crippen molar-refractivity contribution < 1.29 is 19.1 Å². The minimum atomic E-state index is -0.588. The number of carbonyl (C=O) groups is 2. The van der Waals surface area contributed by atoms with Gasteiger partial charge < -0.3 is 9.47 Å². The van der Waals surface area contributed by atoms with E-state index in [-0.39, 0.29) is 5.97 Å². The molecule has 5 nitrogen and oxygen atoms in total. The summed E-state index contributed by atoms with van der Waals surface area (Å²) in [4.78, 5) is 25.1. The molecule has 1 N–H and O–H groups in total. The molecular weight excluding hydrogens is 553 g/mol. The number of benzene rings is 3. The Hall–Kier alpha value is -3.32. The normalized spacial score (nSPS) is 14.4. The minimum absolute atomic E-state index is 0.136. The zero-order valence-electron chi connectivity index (χ0n) is 21.5. The number of esters is 1. The van der Waals surface area contributed by atoms with Crippen LogP contribution >= 0.6 is 34.5 Å². The monoisotopic (exact) mass is 579 g/mol. The minimum Gasteiger partial charge on any atom is -0.465 e. The molecule has 0 bridgehead atoms. The Bertz CT molecular complexity index is 1490. The number of thiophene rings is 1. The van der Waals surface area contributed by atoms with Crippen molar-refractivity contribution in [2.45, 2.75) is 38.2 Å². The Morgan fingerprint density at radius 1 is 0.949 bits per heavy atom. The number of hydrogen-bond acceptors (Lipinski definition) is 5. The highest BCUT2D eigenvalue weighted by molar-refractivity contribution is 7.20. The maximum Gasteiger partial charge on any atom is 0.412 e. The molecule has 0 spiro atoms. The van der Waals surface area contributed by atoms with Gasteiger partial charge in [0.2, 0.25) is 0 Å². The lowest BCUT2D eigenvalue weighted by Gasteiger charge is -2.15. The van der Waals surface area contributed by atoms with E-state index in [1.807, 2.05) is 79.7 Å². The van der Waals surface area contributed by atoms with Gasteiger partial charge in [-0.05, 0) is 61.1 Å². The van der Waals surface area contributed by atoms with Crippen molar-refractivity contribution in [3.8, 4) is 22.3 Å². The molecule has 1 heterocycles. The fraction of sp³-hybridized carbons (Fsp3) is 0.226. The summed E-state index contributed by atoms with van der Waals surface area (Å²) in [6.07, 6.45) is 0.545. The molecule has 4 aromatic rings. The Balaban J connectivity index is 1.29. The van der Waals surface area contributed by atoms with E-state index >= 15 is 0 Å². The largest absolute Gasteiger partial charge is 0.465 e. The molecule has 1 aliphatic rings. The summed E-state index contributed by atoms with van der Waals surface area (Å²) in [6, 6.07) is 25.2. The van der Waals surface area contributed by atoms with E-state index in [1.54, 1.807) is 13.0 Å². The zero-order chi connectivity index (χ0) is 27.6. The smallest absolute Gasteiger partial charge is 0.412 e. The van der Waals surface area contributed by atoms with E-state index in [2.05, 4.69) is 5.32 Å². The fourth-order valence-corrected chi connectivity index (χ4v) is 6.07. The zero-order valence-corrected chi connectivity index (χ0v) is 23.8. The van der Waals surface area contributed by atoms with Gasteiger partial charge in [0.25, 0.3) is 0 Å². The number of nitrogens with one attached hydrogen (secondary N) is 1. The first-order chi connectivity index (χ1) is 18.8. The first kappa shape index (κ1) is 27.3. The van der Waals surface area contributed by atoms with Crippen LogP contribution in [0, 0.1) is 0 Å². The second-order valence-corrected chi connectivity index (χ2v) is 11.5. The van der Waals surface area contributed by atoms with Crippen molar-refractivity contribution in [3.05, 3.63) is 99.3 Å². The van der Waals surface area contributed by atoms with Crippen molar-refractivity contribution in [1.82, 2.24) is 0 Å². The van der Waals surface area contributed by atoms with Gasteiger partial charge in [0.1, 0.15) is 11.1 Å². The van der Waals surface area contributed by atoms with Gasteiger partial charge >= 0.3 is 12.1 Å². The van der Waals surface area contributed by atoms with Crippen LogP contribution in [0.4, 0.5) is 9.80 Å². The maximum absolute atomic E-state index is 12.7. The van der Waals surface area contributed by atoms with Crippen LogP contribution in [0.25, 0.3) is 22.3 Å². The summed E-state index contributed by atoms with van der Waals surface area (Å²) >= 11 is 13.8. The van der Waals surface area contributed by atoms with E-state index < -0.39 is 17.6 Å². The second-order valence-electron chi connectivity index (χ2n) is 9.44. The summed E-state index contributed by atoms with van der Waals surface area (Å²) in [5.41, 5.74) is 5.05. The molecule has 0 unspecified atom stereocenters. The Morgan fingerprint density at radius 3 is 2.18 bits per heavy atom. The van der Waals surface area contributed by atoms with Crippen LogP contribution in [-0.4, -0.2) is 18.7 Å². The molecule has 39 heavy (non-hydrogen) atoms. The van der Waals surface area contributed by atoms with Crippen LogP contribution in [0.1, 0.15) is 43.9 Å². The van der Waals surface area contributed by atoms with Crippen LogP contribution in [0.2, 0.25) is 9.36 Å². The molecule has 1 saturated carbocycles. The molecule has 200 valence electrons. The molecule has 8 heteroatoms. The Kier molecular flexibility index (Phi) is 7.98. The third kappa shape index (κ3) is 5.83. The van der Waals surface area contributed by atoms with Gasteiger partial charge in [0.05, 0.1) is 16.4 Å². The van der Waals surface area contributed by atoms with Gasteiger partial charge in [-0.15, -0.1) is 11.3 Å². The number of rotatable bonds is 8. The van der Waals surface area contributed by atoms with Crippen molar-refractivity contribution in [2.24, 2.45) is 0 Å². The highest BCUT2D eigenvalue weighted by Crippen LogP contribution is 2.49. The SMILES string of the molecule is CCOC(=O)C1(c2ccc(-c3ccc(-c4cc(Cl)sc4NC(=O)O[C@H](C)c4ccccc4Cl)cc3)cc2)CC1. The van der Waals surface area contributed by atoms with Crippen LogP contribution in [0.3, 0.4) is 0 Å². The standard InChI is InChI=1S/C31H27Cl2NO4S/c1-3-37-29(35)31(16-17-31)23-14-12-21(13-15-23)20-8-10-22(11-9-20)25-18-27(33)39-28(25)34-30(36)38-19(2)24-6-4-5-7-26(24)32/h4-15,18-19H,3,16-17H2,1-2H3,(H,34,36)/t19-/m1/s1. The summed E-state index contributed by atoms with van der Waals surface area (Å²) in [5.74, 6) is -0.136. The van der Waals surface area contributed by atoms with Crippen LogP contribution in [-0.2, 0) is 19.7 Å². The quantitative estimate of drug-likeness (QED) is 0.211. The first-order valence-electron chi connectivity index (χ1n) is 12.7. The molecular formula is C31H27Cl2NO4S. The Morgan fingerprint density at radius 2 is 1.56 bits per heavy atom. The molecule has 1 fully saturated rings. The lowest BCUT2D eigenvalue weighted by Crippen LogP contribution is -2.23. The average molecular weight is 581 g/mol. The first-order valence-corrected chi connectivity index (χ1v) is 14.3. The molecule has 3 aromatic carbocycles. The van der Waals surface area contributed by atoms with E-state index in [9.17, 15) is 9.59 Å². The number of ether oxygens (including phenoxy) is 2. The summed E-state index contributed by atoms with van der Waals surface area (Å²) in [5, 5.41) is 3.97. The van der Waals surface area contributed by atoms with Gasteiger partial charge in [-0.1, -0.05) is 89.9 Å². The molecule has 1 aliphatic carbocycles. The van der Waals surface area contributed by atoms with E-state index in [1.165, 1.54) is 11.3 Å². The highest BCUT2D eigenvalue weighted by Gasteiger charge is 2.52. The van der Waals surface area contributed by atoms with Crippen LogP contribution in [0.5, 0.6) is 0 Å². The maximum atomic E-state index is 12.7. The van der Waals surface area contributed by atoms with Gasteiger partial charge in [0, 0.05) is 16.1 Å². The van der Waals surface area contributed by atoms with Crippen LogP contribution in [0.15, 0.2) is 78.9 Å². The lowest BCUT2D eigenvalue weighted by atomic mass is 9.93. The number of halogens is 2. The van der Waals surface area contributed by atoms with Gasteiger partial charge in [-0.2, -0.15) is 0 Å². The second kappa shape index (κ2) is 11.4. The lowest BCUT2D eigenvalue weighted by molar-refractivity contribution is -0.146. The summed E-state index contributed by atoms with van der Waals surface area (Å²) in [6.45, 7) is 3.99. The average Bonchev–Trinajstić information content (AvgIpc) is 3.67. The van der Waals surface area contributed by atoms with Crippen molar-refractivity contribution >= 4 is 51.6 Å². The van der Waals surface area contributed by atoms with Crippen LogP contribution < -0.4 is 5.32 Å². The molecule has 1 aromatic heterocycles. The molecule has 1 amide bonds. The number of carbonyl (C=O) groups excluding carboxylic acids is 2. The summed E-state index contributed by atoms with van der Waals surface area (Å²) in [7, 11) is 0. The Labute approximate surface area is 241 Å². The predicted octanol–water partition coefficient (Wildman–Crippen LogP) is 9.29. The number of amides is 1. The summed E-state index contributed by atoms with van der Waals surface area (Å²) < 4.78 is 11.4. The van der Waals surface area contributed by atoms with Gasteiger partial charge in [0.15, 0.2) is 0 Å². The highest BCUT2D eigenvalue weighted by atomic mass is 35.5. The van der Waals surface area contributed by atoms with Gasteiger partial charge in [-0.25, -0.2) is 4.79 Å². The molecule has 0 aliphatic heterocycles. The number of anilines is 1. The topological polar surface area (TPSA) is 64.6 Å². The van der Waals surface area contributed by atoms with Crippen molar-refractivity contribution in [3.63, 3.8) is 0 Å². The van der Waals surface area contributed by atoms with Crippen molar-refractivity contribution in [2.75, 3.05) is 11.9 Å². The fourth-order valence-electron chi connectivity index (χ4n) is 4.65. The van der Waals surface area contributed by atoms with E-state index in [0.717, 1.165) is 46.2 Å². The third-order valence-electron chi connectivity index (χ3n) is 6.93. The molecule has 1 atom stereocenters. The van der Waals surface area contributed by atoms with Gasteiger partial charge in [-0.3, -0.25) is 10.1 Å². The molecule has 0 saturated heterocycles. The van der Waals surface area contributed by atoms with Crippen molar-refractivity contribution in [1.29, 1.82) is 0 Å². The molecule has 5 rings (SSSR count). The van der Waals surface area contributed by atoms with E-state index in [0.29, 0.717) is 21.0 Å². The van der Waals surface area contributed by atoms with E-state index in [4.69, 9.17) is 32.7 Å².